The average Bonchev–Trinajstić information content (AvgIpc) is 3.10. The first-order valence-electron chi connectivity index (χ1n) is 7.17. The van der Waals surface area contributed by atoms with Crippen LogP contribution >= 0.6 is 11.6 Å². The van der Waals surface area contributed by atoms with Crippen LogP contribution in [0.1, 0.15) is 5.56 Å². The lowest BCUT2D eigenvalue weighted by Gasteiger charge is -2.07. The fourth-order valence-electron chi connectivity index (χ4n) is 2.27. The van der Waals surface area contributed by atoms with Gasteiger partial charge in [-0.2, -0.15) is 5.26 Å². The second-order valence-electron chi connectivity index (χ2n) is 5.26. The van der Waals surface area contributed by atoms with Crippen LogP contribution in [-0.2, 0) is 10.0 Å². The van der Waals surface area contributed by atoms with E-state index in [0.717, 1.165) is 18.3 Å². The van der Waals surface area contributed by atoms with Gasteiger partial charge < -0.3 is 4.98 Å². The predicted octanol–water partition coefficient (Wildman–Crippen LogP) is 4.29. The Bertz CT molecular complexity index is 1140. The lowest BCUT2D eigenvalue weighted by atomic mass is 10.1. The average molecular weight is 394 g/mol. The van der Waals surface area contributed by atoms with Gasteiger partial charge in [-0.1, -0.05) is 17.7 Å². The van der Waals surface area contributed by atoms with Gasteiger partial charge in [-0.05, 0) is 36.4 Å². The van der Waals surface area contributed by atoms with Crippen LogP contribution in [0.15, 0.2) is 53.6 Å². The largest absolute Gasteiger partial charge is 0.360 e. The van der Waals surface area contributed by atoms with Crippen LogP contribution < -0.4 is 4.72 Å². The Morgan fingerprint density at radius 2 is 1.92 bits per heavy atom. The maximum atomic E-state index is 14.1. The standard InChI is InChI=1S/C17H10ClF2N3O2S/c18-13-3-1-2-12(17(13)20)16-7-11(9-22-16)26(24,25)23-15-5-4-10(8-21)6-14(15)19/h1-7,9,22-23H. The summed E-state index contributed by atoms with van der Waals surface area (Å²) in [6, 6.07) is 10.6. The molecule has 0 aliphatic heterocycles. The first-order valence-corrected chi connectivity index (χ1v) is 9.03. The lowest BCUT2D eigenvalue weighted by molar-refractivity contribution is 0.598. The van der Waals surface area contributed by atoms with E-state index in [0.29, 0.717) is 0 Å². The number of H-pyrrole nitrogens is 1. The molecule has 9 heteroatoms. The third-order valence-corrected chi connectivity index (χ3v) is 5.19. The highest BCUT2D eigenvalue weighted by molar-refractivity contribution is 7.92. The minimum Gasteiger partial charge on any atom is -0.360 e. The molecule has 0 aliphatic carbocycles. The van der Waals surface area contributed by atoms with E-state index >= 15 is 0 Å². The molecule has 0 atom stereocenters. The SMILES string of the molecule is N#Cc1ccc(NS(=O)(=O)c2c[nH]c(-c3cccc(Cl)c3F)c2)c(F)c1. The van der Waals surface area contributed by atoms with Crippen molar-refractivity contribution in [3.8, 4) is 17.3 Å². The monoisotopic (exact) mass is 393 g/mol. The summed E-state index contributed by atoms with van der Waals surface area (Å²) >= 11 is 5.73. The molecule has 1 heterocycles. The van der Waals surface area contributed by atoms with Crippen LogP contribution in [-0.4, -0.2) is 13.4 Å². The maximum Gasteiger partial charge on any atom is 0.263 e. The van der Waals surface area contributed by atoms with Crippen molar-refractivity contribution < 1.29 is 17.2 Å². The Morgan fingerprint density at radius 1 is 1.15 bits per heavy atom. The van der Waals surface area contributed by atoms with Gasteiger partial charge in [0.25, 0.3) is 10.0 Å². The molecule has 1 aromatic heterocycles. The summed E-state index contributed by atoms with van der Waals surface area (Å²) in [7, 11) is -4.13. The second-order valence-corrected chi connectivity index (χ2v) is 7.35. The van der Waals surface area contributed by atoms with Crippen LogP contribution in [0.5, 0.6) is 0 Å². The van der Waals surface area contributed by atoms with Crippen LogP contribution in [0, 0.1) is 23.0 Å². The highest BCUT2D eigenvalue weighted by atomic mass is 35.5. The molecule has 3 aromatic rings. The Kier molecular flexibility index (Phi) is 4.68. The zero-order valence-electron chi connectivity index (χ0n) is 12.9. The Hall–Kier alpha value is -2.89. The molecule has 0 spiro atoms. The highest BCUT2D eigenvalue weighted by Gasteiger charge is 2.20. The molecule has 2 N–H and O–H groups in total. The van der Waals surface area contributed by atoms with E-state index in [1.54, 1.807) is 6.07 Å². The van der Waals surface area contributed by atoms with Crippen molar-refractivity contribution in [2.45, 2.75) is 4.90 Å². The summed E-state index contributed by atoms with van der Waals surface area (Å²) in [5.41, 5.74) is 0.0562. The Balaban J connectivity index is 1.93. The second kappa shape index (κ2) is 6.78. The summed E-state index contributed by atoms with van der Waals surface area (Å²) in [4.78, 5) is 2.45. The van der Waals surface area contributed by atoms with Crippen LogP contribution in [0.25, 0.3) is 11.3 Å². The molecule has 0 saturated carbocycles. The van der Waals surface area contributed by atoms with Gasteiger partial charge in [0.05, 0.1) is 22.3 Å². The number of halogens is 3. The lowest BCUT2D eigenvalue weighted by Crippen LogP contribution is -2.13. The predicted molar refractivity (Wildman–Crippen MR) is 93.1 cm³/mol. The van der Waals surface area contributed by atoms with Gasteiger partial charge in [0.2, 0.25) is 0 Å². The van der Waals surface area contributed by atoms with Gasteiger partial charge in [0, 0.05) is 17.5 Å². The number of hydrogen-bond donors (Lipinski definition) is 2. The van der Waals surface area contributed by atoms with E-state index in [2.05, 4.69) is 9.71 Å². The first-order chi connectivity index (χ1) is 12.3. The summed E-state index contributed by atoms with van der Waals surface area (Å²) in [6.07, 6.45) is 1.15. The summed E-state index contributed by atoms with van der Waals surface area (Å²) < 4.78 is 54.9. The van der Waals surface area contributed by atoms with E-state index in [4.69, 9.17) is 16.9 Å². The van der Waals surface area contributed by atoms with Crippen molar-refractivity contribution >= 4 is 27.3 Å². The molecule has 0 bridgehead atoms. The van der Waals surface area contributed by atoms with Crippen molar-refractivity contribution in [2.24, 2.45) is 0 Å². The zero-order chi connectivity index (χ0) is 18.9. The topological polar surface area (TPSA) is 85.8 Å². The minimum atomic E-state index is -4.13. The molecule has 0 unspecified atom stereocenters. The summed E-state index contributed by atoms with van der Waals surface area (Å²) in [5, 5.41) is 8.62. The third-order valence-electron chi connectivity index (χ3n) is 3.55. The smallest absolute Gasteiger partial charge is 0.263 e. The molecule has 0 aliphatic rings. The molecule has 0 fully saturated rings. The fourth-order valence-corrected chi connectivity index (χ4v) is 3.50. The normalized spacial score (nSPS) is 11.2. The number of aromatic amines is 1. The van der Waals surface area contributed by atoms with E-state index in [1.165, 1.54) is 30.3 Å². The molecular formula is C17H10ClF2N3O2S. The Morgan fingerprint density at radius 3 is 2.62 bits per heavy atom. The van der Waals surface area contributed by atoms with Crippen LogP contribution in [0.2, 0.25) is 5.02 Å². The van der Waals surface area contributed by atoms with Gasteiger partial charge in [-0.15, -0.1) is 0 Å². The van der Waals surface area contributed by atoms with E-state index in [1.807, 2.05) is 0 Å². The number of sulfonamides is 1. The van der Waals surface area contributed by atoms with Gasteiger partial charge in [0.15, 0.2) is 5.82 Å². The number of nitriles is 1. The van der Waals surface area contributed by atoms with Crippen molar-refractivity contribution in [1.82, 2.24) is 4.98 Å². The Labute approximate surface area is 152 Å². The summed E-state index contributed by atoms with van der Waals surface area (Å²) in [6.45, 7) is 0. The molecule has 3 rings (SSSR count). The molecular weight excluding hydrogens is 384 g/mol. The first kappa shape index (κ1) is 17.9. The van der Waals surface area contributed by atoms with Crippen molar-refractivity contribution in [1.29, 1.82) is 5.26 Å². The van der Waals surface area contributed by atoms with Crippen molar-refractivity contribution in [2.75, 3.05) is 4.72 Å². The molecule has 132 valence electrons. The van der Waals surface area contributed by atoms with Gasteiger partial charge in [-0.3, -0.25) is 4.72 Å². The van der Waals surface area contributed by atoms with E-state index in [-0.39, 0.29) is 32.4 Å². The highest BCUT2D eigenvalue weighted by Crippen LogP contribution is 2.29. The van der Waals surface area contributed by atoms with E-state index in [9.17, 15) is 17.2 Å². The van der Waals surface area contributed by atoms with Crippen LogP contribution in [0.4, 0.5) is 14.5 Å². The molecule has 2 aromatic carbocycles. The van der Waals surface area contributed by atoms with Gasteiger partial charge in [-0.25, -0.2) is 17.2 Å². The van der Waals surface area contributed by atoms with Crippen LogP contribution in [0.3, 0.4) is 0 Å². The maximum absolute atomic E-state index is 14.1. The number of anilines is 1. The van der Waals surface area contributed by atoms with Crippen molar-refractivity contribution in [3.63, 3.8) is 0 Å². The third kappa shape index (κ3) is 3.40. The molecule has 5 nitrogen and oxygen atoms in total. The molecule has 0 saturated heterocycles. The number of hydrogen-bond acceptors (Lipinski definition) is 3. The zero-order valence-corrected chi connectivity index (χ0v) is 14.5. The molecule has 0 radical (unpaired) electrons. The van der Waals surface area contributed by atoms with Crippen molar-refractivity contribution in [3.05, 3.63) is 70.9 Å². The quantitative estimate of drug-likeness (QED) is 0.693. The number of nitrogens with zero attached hydrogens (tertiary/aromatic N) is 1. The number of rotatable bonds is 4. The molecule has 26 heavy (non-hydrogen) atoms. The van der Waals surface area contributed by atoms with Gasteiger partial charge >= 0.3 is 0 Å². The van der Waals surface area contributed by atoms with E-state index < -0.39 is 21.7 Å². The number of benzene rings is 2. The fraction of sp³-hybridized carbons (Fsp3) is 0. The molecule has 0 amide bonds. The number of nitrogens with one attached hydrogen (secondary N) is 2. The van der Waals surface area contributed by atoms with Gasteiger partial charge in [0.1, 0.15) is 10.7 Å². The summed E-state index contributed by atoms with van der Waals surface area (Å²) in [5.74, 6) is -1.57. The number of aromatic nitrogens is 1. The minimum absolute atomic E-state index is 0.0609.